The van der Waals surface area contributed by atoms with Crippen LogP contribution in [0.3, 0.4) is 0 Å². The molecule has 1 heterocycles. The molecule has 36 heavy (non-hydrogen) atoms. The highest BCUT2D eigenvalue weighted by molar-refractivity contribution is 6.00. The minimum atomic E-state index is -0.279. The van der Waals surface area contributed by atoms with Crippen molar-refractivity contribution in [1.82, 2.24) is 10.2 Å². The van der Waals surface area contributed by atoms with Crippen molar-refractivity contribution in [3.63, 3.8) is 0 Å². The molecule has 1 unspecified atom stereocenters. The summed E-state index contributed by atoms with van der Waals surface area (Å²) in [5.41, 5.74) is 4.83. The largest absolute Gasteiger partial charge is 0.497 e. The van der Waals surface area contributed by atoms with Gasteiger partial charge in [-0.1, -0.05) is 42.5 Å². The molecule has 0 bridgehead atoms. The van der Waals surface area contributed by atoms with Gasteiger partial charge in [-0.15, -0.1) is 0 Å². The number of benzene rings is 3. The van der Waals surface area contributed by atoms with Gasteiger partial charge in [0.25, 0.3) is 0 Å². The van der Waals surface area contributed by atoms with Crippen LogP contribution in [0.25, 0.3) is 0 Å². The molecule has 0 saturated carbocycles. The average Bonchev–Trinajstić information content (AvgIpc) is 3.61. The summed E-state index contributed by atoms with van der Waals surface area (Å²) in [5, 5.41) is 6.89. The lowest BCUT2D eigenvalue weighted by molar-refractivity contribution is -0.120. The number of aromatic nitrogens is 2. The summed E-state index contributed by atoms with van der Waals surface area (Å²) in [6.45, 7) is 0.861. The van der Waals surface area contributed by atoms with Crippen LogP contribution in [-0.4, -0.2) is 30.3 Å². The van der Waals surface area contributed by atoms with Crippen LogP contribution in [0.5, 0.6) is 17.2 Å². The zero-order valence-corrected chi connectivity index (χ0v) is 20.4. The number of carbonyl (C=O) groups is 1. The zero-order chi connectivity index (χ0) is 24.9. The molecule has 0 radical (unpaired) electrons. The smallest absolute Gasteiger partial charge is 0.234 e. The highest BCUT2D eigenvalue weighted by Crippen LogP contribution is 2.42. The molecule has 0 spiro atoms. The van der Waals surface area contributed by atoms with E-state index in [1.165, 1.54) is 0 Å². The summed E-state index contributed by atoms with van der Waals surface area (Å²) in [4.78, 5) is 15.9. The molecule has 0 saturated heterocycles. The van der Waals surface area contributed by atoms with Crippen LogP contribution in [0.2, 0.25) is 0 Å². The zero-order valence-electron chi connectivity index (χ0n) is 20.4. The number of H-pyrrole nitrogens is 1. The Morgan fingerprint density at radius 3 is 2.61 bits per heavy atom. The first kappa shape index (κ1) is 23.5. The summed E-state index contributed by atoms with van der Waals surface area (Å²) >= 11 is 0. The molecule has 1 amide bonds. The molecule has 5 rings (SSSR count). The molecule has 1 aromatic heterocycles. The van der Waals surface area contributed by atoms with Crippen LogP contribution >= 0.6 is 0 Å². The molecular weight excluding hydrogens is 454 g/mol. The van der Waals surface area contributed by atoms with E-state index < -0.39 is 0 Å². The maximum atomic E-state index is 14.1. The minimum absolute atomic E-state index is 0.0126. The third-order valence-electron chi connectivity index (χ3n) is 6.60. The van der Waals surface area contributed by atoms with E-state index in [2.05, 4.69) is 10.2 Å². The third-order valence-corrected chi connectivity index (χ3v) is 6.60. The van der Waals surface area contributed by atoms with Crippen molar-refractivity contribution in [2.75, 3.05) is 19.1 Å². The molecule has 1 atom stereocenters. The fourth-order valence-electron chi connectivity index (χ4n) is 4.77. The number of nitrogens with one attached hydrogen (secondary N) is 1. The van der Waals surface area contributed by atoms with Crippen molar-refractivity contribution < 1.29 is 19.0 Å². The van der Waals surface area contributed by atoms with Gasteiger partial charge < -0.3 is 19.1 Å². The highest BCUT2D eigenvalue weighted by Gasteiger charge is 2.35. The lowest BCUT2D eigenvalue weighted by Crippen LogP contribution is -2.34. The maximum Gasteiger partial charge on any atom is 0.234 e. The number of anilines is 1. The van der Waals surface area contributed by atoms with E-state index in [9.17, 15) is 4.79 Å². The lowest BCUT2D eigenvalue weighted by atomic mass is 9.98. The van der Waals surface area contributed by atoms with Gasteiger partial charge in [0, 0.05) is 17.8 Å². The van der Waals surface area contributed by atoms with Gasteiger partial charge in [0.05, 0.1) is 38.6 Å². The predicted molar refractivity (Wildman–Crippen MR) is 138 cm³/mol. The molecule has 7 heteroatoms. The fraction of sp³-hybridized carbons (Fsp3) is 0.241. The van der Waals surface area contributed by atoms with Crippen molar-refractivity contribution in [2.45, 2.75) is 31.9 Å². The number of ether oxygens (including phenoxy) is 3. The van der Waals surface area contributed by atoms with Gasteiger partial charge in [-0.05, 0) is 47.7 Å². The van der Waals surface area contributed by atoms with E-state index in [0.717, 1.165) is 40.8 Å². The Kier molecular flexibility index (Phi) is 6.89. The van der Waals surface area contributed by atoms with Crippen LogP contribution < -0.4 is 19.1 Å². The quantitative estimate of drug-likeness (QED) is 0.351. The van der Waals surface area contributed by atoms with Crippen molar-refractivity contribution in [2.24, 2.45) is 0 Å². The van der Waals surface area contributed by atoms with Crippen molar-refractivity contribution in [3.05, 3.63) is 101 Å². The Morgan fingerprint density at radius 2 is 1.86 bits per heavy atom. The number of methoxy groups -OCH3 is 2. The highest BCUT2D eigenvalue weighted by atomic mass is 16.5. The van der Waals surface area contributed by atoms with E-state index in [4.69, 9.17) is 14.2 Å². The summed E-state index contributed by atoms with van der Waals surface area (Å²) in [7, 11) is 3.20. The molecular formula is C29H29N3O4. The Morgan fingerprint density at radius 1 is 1.00 bits per heavy atom. The predicted octanol–water partition coefficient (Wildman–Crippen LogP) is 5.27. The molecule has 1 aliphatic carbocycles. The second-order valence-electron chi connectivity index (χ2n) is 8.76. The normalized spacial score (nSPS) is 14.2. The fourth-order valence-corrected chi connectivity index (χ4v) is 4.77. The van der Waals surface area contributed by atoms with E-state index in [-0.39, 0.29) is 11.8 Å². The van der Waals surface area contributed by atoms with Gasteiger partial charge >= 0.3 is 0 Å². The first-order chi connectivity index (χ1) is 17.7. The first-order valence-electron chi connectivity index (χ1n) is 12.0. The van der Waals surface area contributed by atoms with Gasteiger partial charge in [-0.25, -0.2) is 0 Å². The van der Waals surface area contributed by atoms with Gasteiger partial charge in [-0.2, -0.15) is 5.10 Å². The first-order valence-corrected chi connectivity index (χ1v) is 12.0. The Labute approximate surface area is 210 Å². The summed E-state index contributed by atoms with van der Waals surface area (Å²) in [6, 6.07) is 21.6. The number of carbonyl (C=O) groups excluding carboxylic acids is 1. The average molecular weight is 484 g/mol. The molecule has 4 aromatic rings. The van der Waals surface area contributed by atoms with Crippen LogP contribution in [0.4, 0.5) is 5.69 Å². The van der Waals surface area contributed by atoms with Crippen LogP contribution in [0.1, 0.15) is 34.6 Å². The summed E-state index contributed by atoms with van der Waals surface area (Å²) in [5.74, 6) is 1.81. The Hall–Kier alpha value is -4.26. The van der Waals surface area contributed by atoms with E-state index in [1.807, 2.05) is 60.7 Å². The standard InChI is InChI=1S/C29H29N3O4/c1-34-22-11-14-26(28(15-22)35-2)32(18-21-16-30-31-17-21)29(33)25-13-12-24-23(25)9-6-10-27(24)36-19-20-7-4-3-5-8-20/h3-11,14-17,25H,12-13,18-19H2,1-2H3,(H,30,31). The molecule has 0 aliphatic heterocycles. The number of fused-ring (bicyclic) bond motifs is 1. The second kappa shape index (κ2) is 10.6. The van der Waals surface area contributed by atoms with Crippen LogP contribution in [0, 0.1) is 0 Å². The van der Waals surface area contributed by atoms with Crippen molar-refractivity contribution >= 4 is 11.6 Å². The molecule has 1 aliphatic rings. The van der Waals surface area contributed by atoms with Crippen LogP contribution in [-0.2, 0) is 24.4 Å². The molecule has 7 nitrogen and oxygen atoms in total. The minimum Gasteiger partial charge on any atom is -0.497 e. The van der Waals surface area contributed by atoms with Crippen molar-refractivity contribution in [3.8, 4) is 17.2 Å². The number of nitrogens with zero attached hydrogens (tertiary/aromatic N) is 2. The SMILES string of the molecule is COc1ccc(N(Cc2cn[nH]c2)C(=O)C2CCc3c(OCc4ccccc4)cccc32)c(OC)c1. The number of amides is 1. The number of hydrogen-bond donors (Lipinski definition) is 1. The van der Waals surface area contributed by atoms with Gasteiger partial charge in [0.15, 0.2) is 0 Å². The number of aromatic amines is 1. The Bertz CT molecular complexity index is 1320. The maximum absolute atomic E-state index is 14.1. The molecule has 0 fully saturated rings. The summed E-state index contributed by atoms with van der Waals surface area (Å²) < 4.78 is 17.2. The van der Waals surface area contributed by atoms with Crippen LogP contribution in [0.15, 0.2) is 79.1 Å². The lowest BCUT2D eigenvalue weighted by Gasteiger charge is -2.27. The summed E-state index contributed by atoms with van der Waals surface area (Å²) in [6.07, 6.45) is 5.04. The third kappa shape index (κ3) is 4.77. The van der Waals surface area contributed by atoms with Crippen molar-refractivity contribution in [1.29, 1.82) is 0 Å². The monoisotopic (exact) mass is 483 g/mol. The van der Waals surface area contributed by atoms with E-state index >= 15 is 0 Å². The van der Waals surface area contributed by atoms with E-state index in [1.54, 1.807) is 37.6 Å². The molecule has 184 valence electrons. The molecule has 1 N–H and O–H groups in total. The van der Waals surface area contributed by atoms with Gasteiger partial charge in [0.2, 0.25) is 5.91 Å². The molecule has 3 aromatic carbocycles. The second-order valence-corrected chi connectivity index (χ2v) is 8.76. The Balaban J connectivity index is 1.45. The number of rotatable bonds is 9. The van der Waals surface area contributed by atoms with Gasteiger partial charge in [0.1, 0.15) is 23.9 Å². The number of hydrogen-bond acceptors (Lipinski definition) is 5. The topological polar surface area (TPSA) is 76.7 Å². The van der Waals surface area contributed by atoms with Gasteiger partial charge in [-0.3, -0.25) is 9.89 Å². The van der Waals surface area contributed by atoms with E-state index in [0.29, 0.717) is 30.3 Å².